The van der Waals surface area contributed by atoms with Crippen LogP contribution in [-0.2, 0) is 0 Å². The minimum atomic E-state index is -0.487. The van der Waals surface area contributed by atoms with Crippen LogP contribution in [0.15, 0.2) is 0 Å². The molecule has 0 radical (unpaired) electrons. The smallest absolute Gasteiger partial charge is 0.0774 e. The lowest BCUT2D eigenvalue weighted by atomic mass is 9.72. The lowest BCUT2D eigenvalue weighted by Gasteiger charge is -2.40. The SMILES string of the molecule is C[C@H]1C[C@](O)(CN)C1. The average molecular weight is 115 g/mol. The maximum Gasteiger partial charge on any atom is 0.0774 e. The van der Waals surface area contributed by atoms with Crippen LogP contribution in [0.1, 0.15) is 19.8 Å². The first-order valence-electron chi connectivity index (χ1n) is 3.09. The van der Waals surface area contributed by atoms with Crippen molar-refractivity contribution in [2.75, 3.05) is 6.54 Å². The lowest BCUT2D eigenvalue weighted by Crippen LogP contribution is -2.48. The number of hydrogen-bond donors (Lipinski definition) is 2. The Morgan fingerprint density at radius 2 is 2.25 bits per heavy atom. The van der Waals surface area contributed by atoms with Gasteiger partial charge in [-0.1, -0.05) is 6.92 Å². The van der Waals surface area contributed by atoms with Crippen molar-refractivity contribution in [1.82, 2.24) is 0 Å². The monoisotopic (exact) mass is 115 g/mol. The Hall–Kier alpha value is -0.0800. The molecule has 0 unspecified atom stereocenters. The van der Waals surface area contributed by atoms with E-state index in [1.54, 1.807) is 0 Å². The van der Waals surface area contributed by atoms with Gasteiger partial charge in [-0.05, 0) is 18.8 Å². The molecule has 1 rings (SSSR count). The zero-order valence-corrected chi connectivity index (χ0v) is 5.22. The van der Waals surface area contributed by atoms with E-state index in [4.69, 9.17) is 5.73 Å². The van der Waals surface area contributed by atoms with Crippen LogP contribution < -0.4 is 5.73 Å². The second-order valence-corrected chi connectivity index (χ2v) is 2.94. The van der Waals surface area contributed by atoms with E-state index in [0.717, 1.165) is 12.8 Å². The molecule has 0 aromatic rings. The van der Waals surface area contributed by atoms with Crippen molar-refractivity contribution in [3.8, 4) is 0 Å². The van der Waals surface area contributed by atoms with Gasteiger partial charge in [-0.25, -0.2) is 0 Å². The zero-order chi connectivity index (χ0) is 6.20. The fourth-order valence-electron chi connectivity index (χ4n) is 1.40. The summed E-state index contributed by atoms with van der Waals surface area (Å²) in [5.41, 5.74) is 4.79. The van der Waals surface area contributed by atoms with Gasteiger partial charge in [-0.3, -0.25) is 0 Å². The molecule has 1 aliphatic carbocycles. The summed E-state index contributed by atoms with van der Waals surface area (Å²) in [4.78, 5) is 0. The second-order valence-electron chi connectivity index (χ2n) is 2.94. The molecule has 0 amide bonds. The number of rotatable bonds is 1. The van der Waals surface area contributed by atoms with Crippen molar-refractivity contribution in [3.05, 3.63) is 0 Å². The van der Waals surface area contributed by atoms with E-state index in [0.29, 0.717) is 12.5 Å². The maximum atomic E-state index is 9.26. The van der Waals surface area contributed by atoms with Crippen LogP contribution in [0.5, 0.6) is 0 Å². The zero-order valence-electron chi connectivity index (χ0n) is 5.22. The highest BCUT2D eigenvalue weighted by Gasteiger charge is 2.38. The van der Waals surface area contributed by atoms with E-state index >= 15 is 0 Å². The van der Waals surface area contributed by atoms with Crippen LogP contribution in [-0.4, -0.2) is 17.3 Å². The van der Waals surface area contributed by atoms with Crippen LogP contribution in [0.2, 0.25) is 0 Å². The average Bonchev–Trinajstić information content (AvgIpc) is 1.63. The van der Waals surface area contributed by atoms with E-state index in [1.165, 1.54) is 0 Å². The predicted octanol–water partition coefficient (Wildman–Crippen LogP) is 0.106. The van der Waals surface area contributed by atoms with Gasteiger partial charge in [0.15, 0.2) is 0 Å². The summed E-state index contributed by atoms with van der Waals surface area (Å²) < 4.78 is 0. The van der Waals surface area contributed by atoms with Crippen molar-refractivity contribution in [2.24, 2.45) is 11.7 Å². The minimum Gasteiger partial charge on any atom is -0.389 e. The van der Waals surface area contributed by atoms with Gasteiger partial charge >= 0.3 is 0 Å². The summed E-state index contributed by atoms with van der Waals surface area (Å²) in [7, 11) is 0. The van der Waals surface area contributed by atoms with Crippen LogP contribution in [0, 0.1) is 5.92 Å². The topological polar surface area (TPSA) is 46.2 Å². The molecule has 0 aliphatic heterocycles. The van der Waals surface area contributed by atoms with Gasteiger partial charge in [0.1, 0.15) is 0 Å². The Kier molecular flexibility index (Phi) is 1.29. The predicted molar refractivity (Wildman–Crippen MR) is 32.4 cm³/mol. The summed E-state index contributed by atoms with van der Waals surface area (Å²) in [6, 6.07) is 0. The molecule has 1 fully saturated rings. The molecule has 0 heterocycles. The Balaban J connectivity index is 2.30. The molecule has 0 bridgehead atoms. The van der Waals surface area contributed by atoms with Gasteiger partial charge in [0.05, 0.1) is 5.60 Å². The van der Waals surface area contributed by atoms with Gasteiger partial charge in [-0.15, -0.1) is 0 Å². The van der Waals surface area contributed by atoms with Crippen molar-refractivity contribution in [3.63, 3.8) is 0 Å². The molecule has 0 saturated heterocycles. The fraction of sp³-hybridized carbons (Fsp3) is 1.00. The molecule has 1 aliphatic rings. The third kappa shape index (κ3) is 0.858. The van der Waals surface area contributed by atoms with Crippen molar-refractivity contribution < 1.29 is 5.11 Å². The van der Waals surface area contributed by atoms with Crippen LogP contribution in [0.25, 0.3) is 0 Å². The highest BCUT2D eigenvalue weighted by Crippen LogP contribution is 2.35. The van der Waals surface area contributed by atoms with Crippen LogP contribution in [0.3, 0.4) is 0 Å². The van der Waals surface area contributed by atoms with Crippen LogP contribution >= 0.6 is 0 Å². The molecule has 0 spiro atoms. The summed E-state index contributed by atoms with van der Waals surface area (Å²) in [5, 5.41) is 9.26. The molecule has 8 heavy (non-hydrogen) atoms. The fourth-order valence-corrected chi connectivity index (χ4v) is 1.40. The molecule has 0 aromatic heterocycles. The van der Waals surface area contributed by atoms with Gasteiger partial charge < -0.3 is 10.8 Å². The van der Waals surface area contributed by atoms with Gasteiger partial charge in [0.2, 0.25) is 0 Å². The number of nitrogens with two attached hydrogens (primary N) is 1. The van der Waals surface area contributed by atoms with Crippen molar-refractivity contribution in [1.29, 1.82) is 0 Å². The third-order valence-corrected chi connectivity index (χ3v) is 1.84. The van der Waals surface area contributed by atoms with Gasteiger partial charge in [0.25, 0.3) is 0 Å². The normalized spacial score (nSPS) is 46.1. The minimum absolute atomic E-state index is 0.428. The Morgan fingerprint density at radius 3 is 2.38 bits per heavy atom. The molecule has 48 valence electrons. The van der Waals surface area contributed by atoms with Crippen LogP contribution in [0.4, 0.5) is 0 Å². The standard InChI is InChI=1S/C6H13NO/c1-5-2-6(8,3-5)4-7/h5,8H,2-4,7H2,1H3/t5-,6+. The van der Waals surface area contributed by atoms with E-state index in [9.17, 15) is 5.11 Å². The molecule has 0 aromatic carbocycles. The summed E-state index contributed by atoms with van der Waals surface area (Å²) in [6.07, 6.45) is 1.78. The molecular weight excluding hydrogens is 102 g/mol. The van der Waals surface area contributed by atoms with E-state index in [-0.39, 0.29) is 0 Å². The first-order chi connectivity index (χ1) is 3.66. The largest absolute Gasteiger partial charge is 0.389 e. The van der Waals surface area contributed by atoms with E-state index in [1.807, 2.05) is 0 Å². The molecule has 2 nitrogen and oxygen atoms in total. The highest BCUT2D eigenvalue weighted by atomic mass is 16.3. The van der Waals surface area contributed by atoms with Gasteiger partial charge in [-0.2, -0.15) is 0 Å². The second kappa shape index (κ2) is 1.71. The molecule has 0 atom stereocenters. The number of hydrogen-bond acceptors (Lipinski definition) is 2. The first kappa shape index (κ1) is 6.05. The quantitative estimate of drug-likeness (QED) is 0.509. The number of aliphatic hydroxyl groups is 1. The Morgan fingerprint density at radius 1 is 1.75 bits per heavy atom. The summed E-state index contributed by atoms with van der Waals surface area (Å²) >= 11 is 0. The van der Waals surface area contributed by atoms with Crippen molar-refractivity contribution >= 4 is 0 Å². The molecule has 1 saturated carbocycles. The molecule has 2 heteroatoms. The molecule has 3 N–H and O–H groups in total. The Labute approximate surface area is 49.7 Å². The summed E-state index contributed by atoms with van der Waals surface area (Å²) in [6.45, 7) is 2.56. The molecular formula is C6H13NO. The van der Waals surface area contributed by atoms with E-state index in [2.05, 4.69) is 6.92 Å². The highest BCUT2D eigenvalue weighted by molar-refractivity contribution is 4.92. The Bertz CT molecular complexity index is 86.5. The first-order valence-corrected chi connectivity index (χ1v) is 3.09. The van der Waals surface area contributed by atoms with Gasteiger partial charge in [0, 0.05) is 6.54 Å². The lowest BCUT2D eigenvalue weighted by molar-refractivity contribution is -0.0588. The third-order valence-electron chi connectivity index (χ3n) is 1.84. The summed E-state index contributed by atoms with van der Waals surface area (Å²) in [5.74, 6) is 0.684. The maximum absolute atomic E-state index is 9.26. The van der Waals surface area contributed by atoms with E-state index < -0.39 is 5.60 Å². The van der Waals surface area contributed by atoms with Crippen molar-refractivity contribution in [2.45, 2.75) is 25.4 Å².